The fraction of sp³-hybridized carbons (Fsp3) is 0.571. The highest BCUT2D eigenvalue weighted by Crippen LogP contribution is 2.16. The summed E-state index contributed by atoms with van der Waals surface area (Å²) in [4.78, 5) is 0. The smallest absolute Gasteiger partial charge is 0.120 e. The second-order valence-electron chi connectivity index (χ2n) is 4.82. The van der Waals surface area contributed by atoms with E-state index in [-0.39, 0.29) is 0 Å². The summed E-state index contributed by atoms with van der Waals surface area (Å²) >= 11 is 0. The molecule has 0 aliphatic heterocycles. The summed E-state index contributed by atoms with van der Waals surface area (Å²) in [5, 5.41) is 12.9. The molecule has 0 aliphatic rings. The molecule has 0 aromatic heterocycles. The van der Waals surface area contributed by atoms with E-state index in [1.807, 2.05) is 18.2 Å². The first-order chi connectivity index (χ1) is 7.61. The zero-order chi connectivity index (χ0) is 12.0. The Morgan fingerprint density at radius 1 is 1.19 bits per heavy atom. The van der Waals surface area contributed by atoms with Gasteiger partial charge in [-0.25, -0.2) is 0 Å². The predicted octanol–water partition coefficient (Wildman–Crippen LogP) is 3.16. The minimum Gasteiger partial charge on any atom is -0.508 e. The number of hydrogen-bond acceptors (Lipinski definition) is 2. The molecular formula is C14H23NO. The van der Waals surface area contributed by atoms with Gasteiger partial charge in [-0.05, 0) is 30.9 Å². The van der Waals surface area contributed by atoms with Gasteiger partial charge in [-0.15, -0.1) is 0 Å². The molecule has 1 rings (SSSR count). The average molecular weight is 221 g/mol. The zero-order valence-electron chi connectivity index (χ0n) is 10.5. The van der Waals surface area contributed by atoms with Crippen LogP contribution in [0.5, 0.6) is 5.75 Å². The third-order valence-corrected chi connectivity index (χ3v) is 3.22. The van der Waals surface area contributed by atoms with Crippen LogP contribution in [0.25, 0.3) is 0 Å². The normalized spacial score (nSPS) is 13.0. The minimum atomic E-state index is 0.381. The number of hydrogen-bond donors (Lipinski definition) is 2. The molecule has 2 nitrogen and oxygen atoms in total. The molecule has 0 saturated heterocycles. The first-order valence-corrected chi connectivity index (χ1v) is 6.09. The van der Waals surface area contributed by atoms with Gasteiger partial charge in [0.2, 0.25) is 0 Å². The highest BCUT2D eigenvalue weighted by atomic mass is 16.3. The first kappa shape index (κ1) is 13.0. The highest BCUT2D eigenvalue weighted by molar-refractivity contribution is 5.31. The topological polar surface area (TPSA) is 32.3 Å². The molecule has 0 fully saturated rings. The lowest BCUT2D eigenvalue weighted by molar-refractivity contribution is 0.382. The molecule has 0 radical (unpaired) electrons. The van der Waals surface area contributed by atoms with E-state index in [4.69, 9.17) is 0 Å². The van der Waals surface area contributed by atoms with Crippen LogP contribution in [0.1, 0.15) is 32.8 Å². The van der Waals surface area contributed by atoms with Crippen molar-refractivity contribution < 1.29 is 5.11 Å². The summed E-state index contributed by atoms with van der Waals surface area (Å²) in [6, 6.07) is 7.48. The monoisotopic (exact) mass is 221 g/mol. The van der Waals surface area contributed by atoms with Gasteiger partial charge in [0, 0.05) is 12.1 Å². The minimum absolute atomic E-state index is 0.381. The summed E-state index contributed by atoms with van der Waals surface area (Å²) in [6.07, 6.45) is 1.19. The van der Waals surface area contributed by atoms with E-state index in [1.54, 1.807) is 6.07 Å². The van der Waals surface area contributed by atoms with Gasteiger partial charge in [0.15, 0.2) is 0 Å². The van der Waals surface area contributed by atoms with E-state index in [1.165, 1.54) is 6.42 Å². The average Bonchev–Trinajstić information content (AvgIpc) is 2.26. The van der Waals surface area contributed by atoms with Gasteiger partial charge in [-0.3, -0.25) is 0 Å². The Labute approximate surface area is 98.7 Å². The van der Waals surface area contributed by atoms with E-state index >= 15 is 0 Å². The Bertz CT molecular complexity index is 309. The number of phenols is 1. The quantitative estimate of drug-likeness (QED) is 0.723. The largest absolute Gasteiger partial charge is 0.508 e. The van der Waals surface area contributed by atoms with Crippen molar-refractivity contribution in [2.75, 3.05) is 6.54 Å². The third-order valence-electron chi connectivity index (χ3n) is 3.22. The van der Waals surface area contributed by atoms with Gasteiger partial charge in [0.05, 0.1) is 0 Å². The second-order valence-corrected chi connectivity index (χ2v) is 4.82. The van der Waals surface area contributed by atoms with Crippen molar-refractivity contribution in [2.24, 2.45) is 11.8 Å². The van der Waals surface area contributed by atoms with Crippen LogP contribution < -0.4 is 5.32 Å². The van der Waals surface area contributed by atoms with Crippen molar-refractivity contribution in [1.82, 2.24) is 5.32 Å². The van der Waals surface area contributed by atoms with Crippen LogP contribution in [0.2, 0.25) is 0 Å². The van der Waals surface area contributed by atoms with Gasteiger partial charge in [-0.2, -0.15) is 0 Å². The molecule has 0 amide bonds. The van der Waals surface area contributed by atoms with E-state index in [2.05, 4.69) is 26.1 Å². The molecule has 2 heteroatoms. The van der Waals surface area contributed by atoms with Crippen LogP contribution in [0.15, 0.2) is 24.3 Å². The Balaban J connectivity index is 2.24. The van der Waals surface area contributed by atoms with Crippen LogP contribution in [0.4, 0.5) is 0 Å². The summed E-state index contributed by atoms with van der Waals surface area (Å²) in [6.45, 7) is 8.55. The van der Waals surface area contributed by atoms with Crippen molar-refractivity contribution >= 4 is 0 Å². The number of rotatable bonds is 6. The summed E-state index contributed by atoms with van der Waals surface area (Å²) in [5.41, 5.74) is 0.972. The van der Waals surface area contributed by atoms with E-state index in [0.29, 0.717) is 5.75 Å². The van der Waals surface area contributed by atoms with Crippen LogP contribution >= 0.6 is 0 Å². The molecule has 2 N–H and O–H groups in total. The van der Waals surface area contributed by atoms with Gasteiger partial charge < -0.3 is 10.4 Å². The molecule has 0 spiro atoms. The maximum Gasteiger partial charge on any atom is 0.120 e. The zero-order valence-corrected chi connectivity index (χ0v) is 10.5. The molecule has 1 aromatic carbocycles. The third kappa shape index (κ3) is 4.23. The summed E-state index contributed by atoms with van der Waals surface area (Å²) in [5.74, 6) is 1.87. The van der Waals surface area contributed by atoms with Gasteiger partial charge >= 0.3 is 0 Å². The molecule has 0 bridgehead atoms. The molecule has 1 atom stereocenters. The van der Waals surface area contributed by atoms with Gasteiger partial charge in [0.1, 0.15) is 5.75 Å². The van der Waals surface area contributed by atoms with Crippen molar-refractivity contribution in [1.29, 1.82) is 0 Å². The number of phenolic OH excluding ortho intramolecular Hbond substituents is 1. The lowest BCUT2D eigenvalue weighted by Crippen LogP contribution is -2.18. The maximum atomic E-state index is 9.57. The van der Waals surface area contributed by atoms with E-state index in [9.17, 15) is 5.11 Å². The molecule has 1 aromatic rings. The second kappa shape index (κ2) is 6.54. The standard InChI is InChI=1S/C14H23NO/c1-11(2)12(3)8-9-15-10-13-6-4-5-7-14(13)16/h4-7,11-12,15-16H,8-10H2,1-3H3. The van der Waals surface area contributed by atoms with Crippen molar-refractivity contribution in [2.45, 2.75) is 33.7 Å². The molecule has 1 unspecified atom stereocenters. The fourth-order valence-corrected chi connectivity index (χ4v) is 1.55. The van der Waals surface area contributed by atoms with Crippen LogP contribution in [0, 0.1) is 11.8 Å². The van der Waals surface area contributed by atoms with Crippen molar-refractivity contribution in [3.63, 3.8) is 0 Å². The lowest BCUT2D eigenvalue weighted by atomic mass is 9.95. The lowest BCUT2D eigenvalue weighted by Gasteiger charge is -2.15. The van der Waals surface area contributed by atoms with Crippen molar-refractivity contribution in [3.8, 4) is 5.75 Å². The van der Waals surface area contributed by atoms with E-state index in [0.717, 1.165) is 30.5 Å². The highest BCUT2D eigenvalue weighted by Gasteiger charge is 2.06. The molecular weight excluding hydrogens is 198 g/mol. The molecule has 0 aliphatic carbocycles. The molecule has 90 valence electrons. The molecule has 0 saturated carbocycles. The first-order valence-electron chi connectivity index (χ1n) is 6.09. The van der Waals surface area contributed by atoms with Crippen LogP contribution in [-0.4, -0.2) is 11.7 Å². The number of aromatic hydroxyl groups is 1. The Morgan fingerprint density at radius 2 is 1.88 bits per heavy atom. The Hall–Kier alpha value is -1.02. The fourth-order valence-electron chi connectivity index (χ4n) is 1.55. The van der Waals surface area contributed by atoms with Crippen molar-refractivity contribution in [3.05, 3.63) is 29.8 Å². The van der Waals surface area contributed by atoms with Gasteiger partial charge in [-0.1, -0.05) is 39.0 Å². The Kier molecular flexibility index (Phi) is 5.33. The van der Waals surface area contributed by atoms with Gasteiger partial charge in [0.25, 0.3) is 0 Å². The van der Waals surface area contributed by atoms with Crippen LogP contribution in [0.3, 0.4) is 0 Å². The number of para-hydroxylation sites is 1. The predicted molar refractivity (Wildman–Crippen MR) is 68.4 cm³/mol. The maximum absolute atomic E-state index is 9.57. The SMILES string of the molecule is CC(C)C(C)CCNCc1ccccc1O. The molecule has 16 heavy (non-hydrogen) atoms. The molecule has 0 heterocycles. The summed E-state index contributed by atoms with van der Waals surface area (Å²) in [7, 11) is 0. The van der Waals surface area contributed by atoms with E-state index < -0.39 is 0 Å². The number of benzene rings is 1. The Morgan fingerprint density at radius 3 is 2.50 bits per heavy atom. The summed E-state index contributed by atoms with van der Waals surface area (Å²) < 4.78 is 0. The number of nitrogens with one attached hydrogen (secondary N) is 1. The van der Waals surface area contributed by atoms with Crippen LogP contribution in [-0.2, 0) is 6.54 Å².